The van der Waals surface area contributed by atoms with Crippen molar-refractivity contribution in [1.82, 2.24) is 0 Å². The average Bonchev–Trinajstić information content (AvgIpc) is 2.48. The van der Waals surface area contributed by atoms with Gasteiger partial charge in [-0.2, -0.15) is 0 Å². The topological polar surface area (TPSA) is 83.8 Å². The SMILES string of the molecule is CCOc1ccc(C(=O)CC(=O)c2ccc(O)cc2O)cc1. The highest BCUT2D eigenvalue weighted by atomic mass is 16.5. The molecule has 0 heterocycles. The van der Waals surface area contributed by atoms with Gasteiger partial charge in [-0.05, 0) is 43.3 Å². The maximum absolute atomic E-state index is 12.1. The standard InChI is InChI=1S/C17H16O5/c1-2-22-13-6-3-11(4-7-13)15(19)10-17(21)14-8-5-12(18)9-16(14)20/h3-9,18,20H,2,10H2,1H3. The molecule has 2 aromatic rings. The molecule has 2 N–H and O–H groups in total. The van der Waals surface area contributed by atoms with Crippen LogP contribution in [-0.4, -0.2) is 28.4 Å². The average molecular weight is 300 g/mol. The molecule has 0 saturated carbocycles. The van der Waals surface area contributed by atoms with Crippen LogP contribution in [0.4, 0.5) is 0 Å². The number of benzene rings is 2. The summed E-state index contributed by atoms with van der Waals surface area (Å²) in [5.41, 5.74) is 0.409. The number of rotatable bonds is 6. The summed E-state index contributed by atoms with van der Waals surface area (Å²) in [7, 11) is 0. The second kappa shape index (κ2) is 6.76. The van der Waals surface area contributed by atoms with Gasteiger partial charge in [-0.1, -0.05) is 0 Å². The number of carbonyl (C=O) groups excluding carboxylic acids is 2. The normalized spacial score (nSPS) is 10.2. The smallest absolute Gasteiger partial charge is 0.174 e. The molecule has 0 amide bonds. The first-order chi connectivity index (χ1) is 10.5. The Labute approximate surface area is 127 Å². The van der Waals surface area contributed by atoms with Gasteiger partial charge in [0.15, 0.2) is 11.6 Å². The number of hydrogen-bond acceptors (Lipinski definition) is 5. The van der Waals surface area contributed by atoms with E-state index in [1.165, 1.54) is 12.1 Å². The highest BCUT2D eigenvalue weighted by Gasteiger charge is 2.17. The Bertz CT molecular complexity index is 689. The van der Waals surface area contributed by atoms with Crippen molar-refractivity contribution in [3.05, 3.63) is 53.6 Å². The van der Waals surface area contributed by atoms with Crippen LogP contribution in [0.1, 0.15) is 34.1 Å². The molecular formula is C17H16O5. The van der Waals surface area contributed by atoms with Crippen LogP contribution in [0.5, 0.6) is 17.2 Å². The molecule has 0 aromatic heterocycles. The van der Waals surface area contributed by atoms with Gasteiger partial charge in [0.1, 0.15) is 17.2 Å². The van der Waals surface area contributed by atoms with Gasteiger partial charge in [-0.3, -0.25) is 9.59 Å². The van der Waals surface area contributed by atoms with E-state index in [2.05, 4.69) is 0 Å². The van der Waals surface area contributed by atoms with Gasteiger partial charge in [-0.25, -0.2) is 0 Å². The van der Waals surface area contributed by atoms with E-state index >= 15 is 0 Å². The Kier molecular flexibility index (Phi) is 4.78. The van der Waals surface area contributed by atoms with Crippen molar-refractivity contribution in [1.29, 1.82) is 0 Å². The third kappa shape index (κ3) is 3.63. The van der Waals surface area contributed by atoms with Crippen molar-refractivity contribution in [3.8, 4) is 17.2 Å². The molecule has 0 radical (unpaired) electrons. The van der Waals surface area contributed by atoms with Crippen LogP contribution in [0, 0.1) is 0 Å². The first-order valence-electron chi connectivity index (χ1n) is 6.82. The lowest BCUT2D eigenvalue weighted by molar-refractivity contribution is 0.0893. The number of aromatic hydroxyl groups is 2. The minimum absolute atomic E-state index is 0.0112. The molecule has 114 valence electrons. The monoisotopic (exact) mass is 300 g/mol. The molecule has 0 fully saturated rings. The molecular weight excluding hydrogens is 284 g/mol. The summed E-state index contributed by atoms with van der Waals surface area (Å²) in [6.07, 6.45) is -0.355. The van der Waals surface area contributed by atoms with Gasteiger partial charge in [0.25, 0.3) is 0 Å². The summed E-state index contributed by atoms with van der Waals surface area (Å²) in [4.78, 5) is 24.1. The highest BCUT2D eigenvalue weighted by molar-refractivity contribution is 6.14. The van der Waals surface area contributed by atoms with Gasteiger partial charge in [-0.15, -0.1) is 0 Å². The number of phenolic OH excluding ortho intramolecular Hbond substituents is 2. The molecule has 0 aliphatic rings. The maximum atomic E-state index is 12.1. The third-order valence-electron chi connectivity index (χ3n) is 3.09. The van der Waals surface area contributed by atoms with Crippen LogP contribution < -0.4 is 4.74 Å². The van der Waals surface area contributed by atoms with E-state index in [1.54, 1.807) is 24.3 Å². The first kappa shape index (κ1) is 15.6. The highest BCUT2D eigenvalue weighted by Crippen LogP contribution is 2.24. The number of Topliss-reactive ketones (excluding diaryl/α,β-unsaturated/α-hetero) is 2. The summed E-state index contributed by atoms with van der Waals surface area (Å²) in [6, 6.07) is 10.2. The summed E-state index contributed by atoms with van der Waals surface area (Å²) in [5, 5.41) is 18.8. The van der Waals surface area contributed by atoms with Crippen LogP contribution in [0.15, 0.2) is 42.5 Å². The molecule has 0 aliphatic carbocycles. The van der Waals surface area contributed by atoms with E-state index < -0.39 is 5.78 Å². The Morgan fingerprint density at radius 2 is 1.68 bits per heavy atom. The van der Waals surface area contributed by atoms with Crippen molar-refractivity contribution in [2.24, 2.45) is 0 Å². The van der Waals surface area contributed by atoms with Gasteiger partial charge >= 0.3 is 0 Å². The minimum atomic E-state index is -0.503. The summed E-state index contributed by atoms with van der Waals surface area (Å²) >= 11 is 0. The lowest BCUT2D eigenvalue weighted by Crippen LogP contribution is -2.08. The van der Waals surface area contributed by atoms with Crippen LogP contribution >= 0.6 is 0 Å². The quantitative estimate of drug-likeness (QED) is 0.633. The number of phenols is 2. The van der Waals surface area contributed by atoms with Gasteiger partial charge in [0.2, 0.25) is 0 Å². The van der Waals surface area contributed by atoms with Gasteiger partial charge in [0.05, 0.1) is 18.6 Å². The largest absolute Gasteiger partial charge is 0.508 e. The molecule has 22 heavy (non-hydrogen) atoms. The van der Waals surface area contributed by atoms with Crippen LogP contribution in [0.2, 0.25) is 0 Å². The van der Waals surface area contributed by atoms with Gasteiger partial charge in [0, 0.05) is 11.6 Å². The second-order valence-electron chi connectivity index (χ2n) is 4.68. The van der Waals surface area contributed by atoms with Crippen LogP contribution in [-0.2, 0) is 0 Å². The summed E-state index contributed by atoms with van der Waals surface area (Å²) < 4.78 is 5.28. The Hall–Kier alpha value is -2.82. The number of ether oxygens (including phenoxy) is 1. The molecule has 2 aromatic carbocycles. The van der Waals surface area contributed by atoms with E-state index in [4.69, 9.17) is 4.74 Å². The zero-order valence-electron chi connectivity index (χ0n) is 12.1. The Balaban J connectivity index is 2.09. The second-order valence-corrected chi connectivity index (χ2v) is 4.68. The first-order valence-corrected chi connectivity index (χ1v) is 6.82. The van der Waals surface area contributed by atoms with Crippen molar-refractivity contribution in [2.75, 3.05) is 6.61 Å². The zero-order valence-corrected chi connectivity index (χ0v) is 12.1. The van der Waals surface area contributed by atoms with Crippen LogP contribution in [0.3, 0.4) is 0 Å². The molecule has 0 saturated heterocycles. The summed E-state index contributed by atoms with van der Waals surface area (Å²) in [5.74, 6) is -0.685. The molecule has 0 unspecified atom stereocenters. The fourth-order valence-corrected chi connectivity index (χ4v) is 2.00. The Morgan fingerprint density at radius 1 is 1.00 bits per heavy atom. The summed E-state index contributed by atoms with van der Waals surface area (Å²) in [6.45, 7) is 2.40. The van der Waals surface area contributed by atoms with E-state index in [0.717, 1.165) is 6.07 Å². The molecule has 5 heteroatoms. The lowest BCUT2D eigenvalue weighted by Gasteiger charge is -2.06. The lowest BCUT2D eigenvalue weighted by atomic mass is 10.0. The molecule has 0 aliphatic heterocycles. The Morgan fingerprint density at radius 3 is 2.27 bits per heavy atom. The maximum Gasteiger partial charge on any atom is 0.174 e. The minimum Gasteiger partial charge on any atom is -0.508 e. The van der Waals surface area contributed by atoms with E-state index in [1.807, 2.05) is 6.92 Å². The number of carbonyl (C=O) groups is 2. The predicted octanol–water partition coefficient (Wildman–Crippen LogP) is 2.95. The van der Waals surface area contributed by atoms with Crippen molar-refractivity contribution >= 4 is 11.6 Å². The van der Waals surface area contributed by atoms with Crippen molar-refractivity contribution in [2.45, 2.75) is 13.3 Å². The van der Waals surface area contributed by atoms with Gasteiger partial charge < -0.3 is 14.9 Å². The van der Waals surface area contributed by atoms with E-state index in [9.17, 15) is 19.8 Å². The van der Waals surface area contributed by atoms with E-state index in [0.29, 0.717) is 17.9 Å². The zero-order chi connectivity index (χ0) is 16.1. The van der Waals surface area contributed by atoms with Crippen molar-refractivity contribution < 1.29 is 24.5 Å². The third-order valence-corrected chi connectivity index (χ3v) is 3.09. The molecule has 0 atom stereocenters. The molecule has 0 bridgehead atoms. The fourth-order valence-electron chi connectivity index (χ4n) is 2.00. The fraction of sp³-hybridized carbons (Fsp3) is 0.176. The predicted molar refractivity (Wildman–Crippen MR) is 80.7 cm³/mol. The molecule has 5 nitrogen and oxygen atoms in total. The van der Waals surface area contributed by atoms with Crippen molar-refractivity contribution in [3.63, 3.8) is 0 Å². The molecule has 0 spiro atoms. The number of ketones is 2. The number of hydrogen-bond donors (Lipinski definition) is 2. The van der Waals surface area contributed by atoms with E-state index in [-0.39, 0.29) is 29.3 Å². The van der Waals surface area contributed by atoms with Crippen LogP contribution in [0.25, 0.3) is 0 Å². The molecule has 2 rings (SSSR count).